The Bertz CT molecular complexity index is 785. The molecule has 0 bridgehead atoms. The van der Waals surface area contributed by atoms with Crippen LogP contribution in [0.4, 0.5) is 0 Å². The minimum atomic E-state index is -0.253. The second kappa shape index (κ2) is 7.48. The molecule has 1 aliphatic rings. The first-order valence-electron chi connectivity index (χ1n) is 8.11. The summed E-state index contributed by atoms with van der Waals surface area (Å²) in [6.45, 7) is 4.36. The zero-order valence-corrected chi connectivity index (χ0v) is 17.2. The van der Waals surface area contributed by atoms with Gasteiger partial charge in [-0.05, 0) is 102 Å². The van der Waals surface area contributed by atoms with E-state index in [1.807, 2.05) is 23.9 Å². The Morgan fingerprint density at radius 2 is 1.96 bits per heavy atom. The molecule has 126 valence electrons. The van der Waals surface area contributed by atoms with Crippen molar-refractivity contribution in [1.29, 1.82) is 0 Å². The molecule has 0 heterocycles. The first-order valence-corrected chi connectivity index (χ1v) is 10.1. The van der Waals surface area contributed by atoms with Crippen molar-refractivity contribution in [3.63, 3.8) is 0 Å². The number of methoxy groups -OCH3 is 1. The van der Waals surface area contributed by atoms with Crippen LogP contribution >= 0.6 is 34.4 Å². The fraction of sp³-hybridized carbons (Fsp3) is 0.350. The van der Waals surface area contributed by atoms with Gasteiger partial charge in [-0.1, -0.05) is 6.07 Å². The molecule has 0 spiro atoms. The number of esters is 1. The number of carbonyl (C=O) groups excluding carboxylic acids is 1. The Morgan fingerprint density at radius 1 is 1.17 bits per heavy atom. The van der Waals surface area contributed by atoms with Crippen LogP contribution in [0.25, 0.3) is 0 Å². The number of halogens is 1. The van der Waals surface area contributed by atoms with Crippen LogP contribution in [0.15, 0.2) is 35.2 Å². The number of rotatable bonds is 3. The molecule has 0 aromatic heterocycles. The van der Waals surface area contributed by atoms with Gasteiger partial charge < -0.3 is 4.74 Å². The normalized spacial score (nSPS) is 16.6. The first-order chi connectivity index (χ1) is 11.5. The van der Waals surface area contributed by atoms with Crippen molar-refractivity contribution < 1.29 is 9.53 Å². The molecule has 4 heteroatoms. The summed E-state index contributed by atoms with van der Waals surface area (Å²) in [6.07, 6.45) is 3.27. The molecule has 2 aromatic carbocycles. The Hall–Kier alpha value is -1.01. The van der Waals surface area contributed by atoms with Crippen molar-refractivity contribution in [3.8, 4) is 0 Å². The summed E-state index contributed by atoms with van der Waals surface area (Å²) >= 11 is 4.38. The highest BCUT2D eigenvalue weighted by Crippen LogP contribution is 2.36. The maximum Gasteiger partial charge on any atom is 0.337 e. The number of fused-ring (bicyclic) bond motifs is 1. The molecular weight excluding hydrogens is 431 g/mol. The Kier molecular flexibility index (Phi) is 5.55. The van der Waals surface area contributed by atoms with Gasteiger partial charge in [-0.3, -0.25) is 0 Å². The lowest BCUT2D eigenvalue weighted by atomic mass is 9.90. The van der Waals surface area contributed by atoms with Gasteiger partial charge in [-0.15, -0.1) is 11.8 Å². The van der Waals surface area contributed by atoms with Gasteiger partial charge >= 0.3 is 5.97 Å². The smallest absolute Gasteiger partial charge is 0.337 e. The van der Waals surface area contributed by atoms with Crippen LogP contribution in [-0.4, -0.2) is 18.3 Å². The fourth-order valence-corrected chi connectivity index (χ4v) is 5.10. The molecular formula is C20H21IO2S. The van der Waals surface area contributed by atoms with Gasteiger partial charge in [-0.25, -0.2) is 4.79 Å². The maximum absolute atomic E-state index is 11.8. The van der Waals surface area contributed by atoms with Gasteiger partial charge in [0, 0.05) is 13.7 Å². The summed E-state index contributed by atoms with van der Waals surface area (Å²) in [7, 11) is 1.43. The molecule has 3 rings (SSSR count). The molecule has 0 amide bonds. The van der Waals surface area contributed by atoms with Crippen LogP contribution in [0.3, 0.4) is 0 Å². The molecule has 1 unspecified atom stereocenters. The predicted octanol–water partition coefficient (Wildman–Crippen LogP) is 5.34. The predicted molar refractivity (Wildman–Crippen MR) is 108 cm³/mol. The van der Waals surface area contributed by atoms with E-state index in [1.165, 1.54) is 44.3 Å². The average Bonchev–Trinajstić information content (AvgIpc) is 2.58. The molecule has 1 atom stereocenters. The number of benzene rings is 2. The summed E-state index contributed by atoms with van der Waals surface area (Å²) in [4.78, 5) is 13.1. The van der Waals surface area contributed by atoms with Crippen LogP contribution in [-0.2, 0) is 17.6 Å². The van der Waals surface area contributed by atoms with E-state index < -0.39 is 0 Å². The van der Waals surface area contributed by atoms with Gasteiger partial charge in [0.05, 0.1) is 12.7 Å². The van der Waals surface area contributed by atoms with Gasteiger partial charge in [-0.2, -0.15) is 0 Å². The lowest BCUT2D eigenvalue weighted by Gasteiger charge is -2.25. The fourth-order valence-electron chi connectivity index (χ4n) is 3.13. The average molecular weight is 452 g/mol. The standard InChI is InChI=1S/C20H21IO2S/c1-12-9-19(13(2)8-18(12)21)24-17-7-6-14-4-5-15(20(22)23-3)10-16(14)11-17/h4-5,8-10,17H,6-7,11H2,1-3H3. The van der Waals surface area contributed by atoms with Crippen molar-refractivity contribution in [3.05, 3.63) is 61.7 Å². The number of hydrogen-bond donors (Lipinski definition) is 0. The van der Waals surface area contributed by atoms with Crippen molar-refractivity contribution in [2.75, 3.05) is 7.11 Å². The lowest BCUT2D eigenvalue weighted by Crippen LogP contribution is -2.17. The molecule has 0 aliphatic heterocycles. The van der Waals surface area contributed by atoms with Crippen molar-refractivity contribution >= 4 is 40.3 Å². The molecule has 24 heavy (non-hydrogen) atoms. The summed E-state index contributed by atoms with van der Waals surface area (Å²) in [5, 5.41) is 0.559. The summed E-state index contributed by atoms with van der Waals surface area (Å²) in [6, 6.07) is 10.6. The Morgan fingerprint density at radius 3 is 2.71 bits per heavy atom. The third kappa shape index (κ3) is 3.80. The number of hydrogen-bond acceptors (Lipinski definition) is 3. The van der Waals surface area contributed by atoms with E-state index in [-0.39, 0.29) is 5.97 Å². The van der Waals surface area contributed by atoms with Gasteiger partial charge in [0.15, 0.2) is 0 Å². The zero-order valence-electron chi connectivity index (χ0n) is 14.2. The van der Waals surface area contributed by atoms with Crippen LogP contribution in [0, 0.1) is 17.4 Å². The first kappa shape index (κ1) is 17.8. The molecule has 0 fully saturated rings. The van der Waals surface area contributed by atoms with Gasteiger partial charge in [0.1, 0.15) is 0 Å². The van der Waals surface area contributed by atoms with E-state index in [4.69, 9.17) is 4.74 Å². The number of thioether (sulfide) groups is 1. The van der Waals surface area contributed by atoms with Crippen LogP contribution in [0.5, 0.6) is 0 Å². The van der Waals surface area contributed by atoms with Crippen molar-refractivity contribution in [2.45, 2.75) is 43.3 Å². The van der Waals surface area contributed by atoms with E-state index in [1.54, 1.807) is 0 Å². The molecule has 1 aliphatic carbocycles. The minimum absolute atomic E-state index is 0.253. The highest BCUT2D eigenvalue weighted by Gasteiger charge is 2.21. The monoisotopic (exact) mass is 452 g/mol. The lowest BCUT2D eigenvalue weighted by molar-refractivity contribution is 0.0600. The van der Waals surface area contributed by atoms with Gasteiger partial charge in [0.25, 0.3) is 0 Å². The zero-order chi connectivity index (χ0) is 17.3. The van der Waals surface area contributed by atoms with E-state index in [0.717, 1.165) is 12.8 Å². The molecule has 2 nitrogen and oxygen atoms in total. The van der Waals surface area contributed by atoms with Crippen LogP contribution in [0.1, 0.15) is 39.0 Å². The van der Waals surface area contributed by atoms with E-state index in [9.17, 15) is 4.79 Å². The third-order valence-corrected chi connectivity index (χ3v) is 7.15. The number of ether oxygens (including phenoxy) is 1. The Balaban J connectivity index is 1.79. The summed E-state index contributed by atoms with van der Waals surface area (Å²) in [5.74, 6) is -0.253. The molecule has 0 saturated carbocycles. The molecule has 2 aromatic rings. The maximum atomic E-state index is 11.8. The summed E-state index contributed by atoms with van der Waals surface area (Å²) in [5.41, 5.74) is 6.01. The van der Waals surface area contributed by atoms with E-state index in [0.29, 0.717) is 10.8 Å². The third-order valence-electron chi connectivity index (χ3n) is 4.56. The second-order valence-corrected chi connectivity index (χ2v) is 8.83. The number of carbonyl (C=O) groups is 1. The highest BCUT2D eigenvalue weighted by molar-refractivity contribution is 14.1. The summed E-state index contributed by atoms with van der Waals surface area (Å²) < 4.78 is 6.17. The van der Waals surface area contributed by atoms with Crippen molar-refractivity contribution in [1.82, 2.24) is 0 Å². The minimum Gasteiger partial charge on any atom is -0.465 e. The second-order valence-electron chi connectivity index (χ2n) is 6.32. The molecule has 0 N–H and O–H groups in total. The Labute approximate surface area is 161 Å². The van der Waals surface area contributed by atoms with Crippen LogP contribution in [0.2, 0.25) is 0 Å². The number of aryl methyl sites for hydroxylation is 3. The largest absolute Gasteiger partial charge is 0.465 e. The van der Waals surface area contributed by atoms with E-state index in [2.05, 4.69) is 54.6 Å². The van der Waals surface area contributed by atoms with Crippen LogP contribution < -0.4 is 0 Å². The highest BCUT2D eigenvalue weighted by atomic mass is 127. The topological polar surface area (TPSA) is 26.3 Å². The molecule has 0 saturated heterocycles. The molecule has 0 radical (unpaired) electrons. The quantitative estimate of drug-likeness (QED) is 0.464. The van der Waals surface area contributed by atoms with E-state index >= 15 is 0 Å². The van der Waals surface area contributed by atoms with Gasteiger partial charge in [0.2, 0.25) is 0 Å². The SMILES string of the molecule is COC(=O)c1ccc2c(c1)CC(Sc1cc(C)c(I)cc1C)CC2. The van der Waals surface area contributed by atoms with Crippen molar-refractivity contribution in [2.24, 2.45) is 0 Å².